The van der Waals surface area contributed by atoms with Crippen molar-refractivity contribution in [2.24, 2.45) is 0 Å². The van der Waals surface area contributed by atoms with Crippen LogP contribution in [-0.2, 0) is 28.5 Å². The van der Waals surface area contributed by atoms with E-state index in [-0.39, 0.29) is 18.4 Å². The molecule has 0 aromatic heterocycles. The fraction of sp³-hybridized carbons (Fsp3) is 0.857. The van der Waals surface area contributed by atoms with Crippen molar-refractivity contribution in [2.45, 2.75) is 63.6 Å². The predicted octanol–water partition coefficient (Wildman–Crippen LogP) is 0.580. The molecule has 2 aliphatic rings. The molecule has 2 saturated heterocycles. The van der Waals surface area contributed by atoms with Gasteiger partial charge in [-0.1, -0.05) is 0 Å². The summed E-state index contributed by atoms with van der Waals surface area (Å²) in [5.41, 5.74) is 0. The van der Waals surface area contributed by atoms with E-state index in [1.165, 1.54) is 0 Å². The predicted molar refractivity (Wildman–Crippen MR) is 77.4 cm³/mol. The number of amides is 1. The first kappa shape index (κ1) is 17.6. The Morgan fingerprint density at radius 3 is 2.41 bits per heavy atom. The Morgan fingerprint density at radius 2 is 1.82 bits per heavy atom. The third-order valence-electron chi connectivity index (χ3n) is 3.52. The van der Waals surface area contributed by atoms with Crippen molar-refractivity contribution in [3.63, 3.8) is 0 Å². The van der Waals surface area contributed by atoms with Crippen molar-refractivity contribution < 1.29 is 28.5 Å². The van der Waals surface area contributed by atoms with Crippen molar-refractivity contribution in [3.8, 4) is 0 Å². The Hall–Kier alpha value is -0.730. The number of ether oxygens (including phenoxy) is 4. The second-order valence-corrected chi connectivity index (χ2v) is 6.57. The maximum absolute atomic E-state index is 11.6. The van der Waals surface area contributed by atoms with Crippen LogP contribution in [0.5, 0.6) is 0 Å². The molecule has 2 rings (SSSR count). The summed E-state index contributed by atoms with van der Waals surface area (Å²) in [6.07, 6.45) is -1.32. The number of hydrogen-bond acceptors (Lipinski definition) is 6. The van der Waals surface area contributed by atoms with Crippen LogP contribution in [0.3, 0.4) is 0 Å². The second-order valence-electron chi connectivity index (χ2n) is 6.30. The van der Waals surface area contributed by atoms with Crippen LogP contribution < -0.4 is 5.32 Å². The lowest BCUT2D eigenvalue weighted by atomic mass is 10.00. The van der Waals surface area contributed by atoms with Crippen molar-refractivity contribution in [3.05, 3.63) is 0 Å². The van der Waals surface area contributed by atoms with E-state index in [0.717, 1.165) is 0 Å². The zero-order valence-electron chi connectivity index (χ0n) is 13.1. The Bertz CT molecular complexity index is 441. The summed E-state index contributed by atoms with van der Waals surface area (Å²) < 4.78 is 22.8. The fourth-order valence-electron chi connectivity index (χ4n) is 2.67. The second kappa shape index (κ2) is 6.41. The lowest BCUT2D eigenvalue weighted by Gasteiger charge is -2.43. The molecule has 0 aromatic carbocycles. The minimum absolute atomic E-state index is 0.169. The van der Waals surface area contributed by atoms with Gasteiger partial charge in [-0.05, 0) is 27.7 Å². The third-order valence-corrected chi connectivity index (χ3v) is 3.76. The van der Waals surface area contributed by atoms with Crippen LogP contribution in [0.4, 0.5) is 0 Å². The van der Waals surface area contributed by atoms with Gasteiger partial charge in [0.1, 0.15) is 24.2 Å². The van der Waals surface area contributed by atoms with Gasteiger partial charge in [0.15, 0.2) is 17.9 Å². The number of alkyl halides is 1. The lowest BCUT2D eigenvalue weighted by Crippen LogP contribution is -2.61. The van der Waals surface area contributed by atoms with Gasteiger partial charge in [0.05, 0.1) is 12.6 Å². The molecule has 22 heavy (non-hydrogen) atoms. The average Bonchev–Trinajstić information content (AvgIpc) is 2.75. The highest BCUT2D eigenvalue weighted by Crippen LogP contribution is 2.35. The van der Waals surface area contributed by atoms with Crippen molar-refractivity contribution >= 4 is 23.8 Å². The zero-order valence-corrected chi connectivity index (χ0v) is 13.9. The van der Waals surface area contributed by atoms with Crippen LogP contribution in [0.15, 0.2) is 0 Å². The topological polar surface area (TPSA) is 83.1 Å². The van der Waals surface area contributed by atoms with Crippen molar-refractivity contribution in [2.75, 3.05) is 12.5 Å². The first-order valence-corrected chi connectivity index (χ1v) is 7.69. The standard InChI is InChI=1S/C14H22ClNO6/c1-13(2)19-7-8(16-10(18)5-15)11(21-13)12-9(6-17)20-14(3,4)22-12/h6,8-9,11-12H,5,7H2,1-4H3,(H,16,18)/t8-,9-,11-,12-/m1/s1. The molecule has 2 fully saturated rings. The zero-order chi connectivity index (χ0) is 16.5. The van der Waals surface area contributed by atoms with E-state index in [2.05, 4.69) is 5.32 Å². The summed E-state index contributed by atoms with van der Waals surface area (Å²) >= 11 is 5.53. The monoisotopic (exact) mass is 335 g/mol. The van der Waals surface area contributed by atoms with Crippen molar-refractivity contribution in [1.29, 1.82) is 0 Å². The largest absolute Gasteiger partial charge is 0.348 e. The number of aldehydes is 1. The van der Waals surface area contributed by atoms with Crippen molar-refractivity contribution in [1.82, 2.24) is 5.32 Å². The molecule has 2 heterocycles. The summed E-state index contributed by atoms with van der Waals surface area (Å²) in [6, 6.07) is -0.482. The third kappa shape index (κ3) is 3.97. The summed E-state index contributed by atoms with van der Waals surface area (Å²) in [5, 5.41) is 2.73. The normalized spacial score (nSPS) is 36.8. The van der Waals surface area contributed by atoms with Crippen LogP contribution in [0.25, 0.3) is 0 Å². The molecule has 0 saturated carbocycles. The van der Waals surface area contributed by atoms with Gasteiger partial charge in [0.25, 0.3) is 0 Å². The van der Waals surface area contributed by atoms with E-state index in [1.807, 2.05) is 0 Å². The maximum atomic E-state index is 11.6. The Morgan fingerprint density at radius 1 is 1.18 bits per heavy atom. The molecule has 8 heteroatoms. The van der Waals surface area contributed by atoms with Crippen LogP contribution in [0.2, 0.25) is 0 Å². The average molecular weight is 336 g/mol. The number of rotatable bonds is 4. The lowest BCUT2D eigenvalue weighted by molar-refractivity contribution is -0.301. The Balaban J connectivity index is 2.21. The summed E-state index contributed by atoms with van der Waals surface area (Å²) in [6.45, 7) is 7.19. The number of halogens is 1. The summed E-state index contributed by atoms with van der Waals surface area (Å²) in [7, 11) is 0. The molecular formula is C14H22ClNO6. The van der Waals surface area contributed by atoms with Crippen LogP contribution in [0, 0.1) is 0 Å². The van der Waals surface area contributed by atoms with E-state index >= 15 is 0 Å². The molecule has 7 nitrogen and oxygen atoms in total. The number of carbonyl (C=O) groups is 2. The fourth-order valence-corrected chi connectivity index (χ4v) is 2.75. The van der Waals surface area contributed by atoms with E-state index < -0.39 is 35.9 Å². The van der Waals surface area contributed by atoms with E-state index in [1.54, 1.807) is 27.7 Å². The molecule has 0 aromatic rings. The summed E-state index contributed by atoms with van der Waals surface area (Å²) in [4.78, 5) is 22.9. The first-order chi connectivity index (χ1) is 10.2. The highest BCUT2D eigenvalue weighted by Gasteiger charge is 2.51. The molecule has 0 aliphatic carbocycles. The highest BCUT2D eigenvalue weighted by atomic mass is 35.5. The van der Waals surface area contributed by atoms with Crippen LogP contribution >= 0.6 is 11.6 Å². The number of nitrogens with one attached hydrogen (secondary N) is 1. The van der Waals surface area contributed by atoms with Crippen LogP contribution in [-0.4, -0.2) is 60.6 Å². The molecule has 126 valence electrons. The maximum Gasteiger partial charge on any atom is 0.235 e. The Labute approximate surface area is 134 Å². The Kier molecular flexibility index (Phi) is 5.13. The molecule has 1 amide bonds. The van der Waals surface area contributed by atoms with E-state index in [9.17, 15) is 9.59 Å². The first-order valence-electron chi connectivity index (χ1n) is 7.15. The van der Waals surface area contributed by atoms with E-state index in [0.29, 0.717) is 6.29 Å². The van der Waals surface area contributed by atoms with Gasteiger partial charge in [-0.3, -0.25) is 4.79 Å². The molecular weight excluding hydrogens is 314 g/mol. The van der Waals surface area contributed by atoms with Gasteiger partial charge in [-0.2, -0.15) is 0 Å². The SMILES string of the molecule is CC1(C)OC[C@@H](NC(=O)CCl)[C@H]([C@@H]2OC(C)(C)O[C@@H]2C=O)O1. The molecule has 2 aliphatic heterocycles. The van der Waals surface area contributed by atoms with Gasteiger partial charge in [-0.25, -0.2) is 0 Å². The highest BCUT2D eigenvalue weighted by molar-refractivity contribution is 6.27. The summed E-state index contributed by atoms with van der Waals surface area (Å²) in [5.74, 6) is -2.26. The quantitative estimate of drug-likeness (QED) is 0.598. The molecule has 0 radical (unpaired) electrons. The van der Waals surface area contributed by atoms with Gasteiger partial charge in [0.2, 0.25) is 5.91 Å². The smallest absolute Gasteiger partial charge is 0.235 e. The van der Waals surface area contributed by atoms with Gasteiger partial charge in [0, 0.05) is 0 Å². The van der Waals surface area contributed by atoms with Gasteiger partial charge in [-0.15, -0.1) is 11.6 Å². The van der Waals surface area contributed by atoms with Crippen LogP contribution in [0.1, 0.15) is 27.7 Å². The number of hydrogen-bond donors (Lipinski definition) is 1. The number of carbonyl (C=O) groups excluding carboxylic acids is 2. The van der Waals surface area contributed by atoms with E-state index in [4.69, 9.17) is 30.5 Å². The molecule has 4 atom stereocenters. The minimum Gasteiger partial charge on any atom is -0.348 e. The molecule has 1 N–H and O–H groups in total. The van der Waals surface area contributed by atoms with Gasteiger partial charge < -0.3 is 29.1 Å². The molecule has 0 unspecified atom stereocenters. The van der Waals surface area contributed by atoms with Gasteiger partial charge >= 0.3 is 0 Å². The molecule has 0 spiro atoms. The molecule has 0 bridgehead atoms. The minimum atomic E-state index is -0.900.